The Bertz CT molecular complexity index is 1270. The molecule has 2 saturated heterocycles. The van der Waals surface area contributed by atoms with Crippen molar-refractivity contribution in [2.75, 3.05) is 16.3 Å². The number of allylic oxidation sites excluding steroid dienone is 2. The Morgan fingerprint density at radius 1 is 0.914 bits per heavy atom. The molecule has 3 fully saturated rings. The zero-order valence-electron chi connectivity index (χ0n) is 19.6. The molecule has 0 aromatic heterocycles. The minimum Gasteiger partial charge on any atom is -0.426 e. The minimum atomic E-state index is -0.562. The van der Waals surface area contributed by atoms with Gasteiger partial charge >= 0.3 is 5.97 Å². The Labute approximate surface area is 203 Å². The molecule has 0 unspecified atom stereocenters. The number of nitrogens with zero attached hydrogens (tertiary/aromatic N) is 2. The second-order valence-electron chi connectivity index (χ2n) is 10.1. The summed E-state index contributed by atoms with van der Waals surface area (Å²) in [5.41, 5.74) is 3.08. The van der Waals surface area contributed by atoms with E-state index in [0.29, 0.717) is 17.0 Å². The Hall–Kier alpha value is -3.74. The summed E-state index contributed by atoms with van der Waals surface area (Å²) in [6.45, 7) is 4.05. The van der Waals surface area contributed by atoms with Crippen molar-refractivity contribution in [3.05, 3.63) is 65.7 Å². The molecular weight excluding hydrogens is 444 g/mol. The van der Waals surface area contributed by atoms with Gasteiger partial charge in [0.2, 0.25) is 17.7 Å². The first-order valence-electron chi connectivity index (χ1n) is 12.1. The first-order chi connectivity index (χ1) is 16.8. The third-order valence-electron chi connectivity index (χ3n) is 7.90. The second kappa shape index (κ2) is 7.90. The van der Waals surface area contributed by atoms with Crippen LogP contribution >= 0.6 is 0 Å². The van der Waals surface area contributed by atoms with Gasteiger partial charge in [-0.05, 0) is 68.0 Å². The Balaban J connectivity index is 1.15. The molecule has 1 saturated carbocycles. The average Bonchev–Trinajstić information content (AvgIpc) is 3.59. The number of rotatable bonds is 4. The van der Waals surface area contributed by atoms with Crippen molar-refractivity contribution in [3.63, 3.8) is 0 Å². The van der Waals surface area contributed by atoms with E-state index in [0.717, 1.165) is 17.7 Å². The number of amides is 3. The SMILES string of the molecule is Cc1ccc(N2C[C@H](C(=O)Oc3ccc(N4C(=O)[C@@H]5[C@H](C4=O)[C@H]4C=C[C@H]5C4)c(C)c3)CC2=O)cc1. The van der Waals surface area contributed by atoms with E-state index in [1.165, 1.54) is 4.90 Å². The van der Waals surface area contributed by atoms with Crippen LogP contribution in [0.15, 0.2) is 54.6 Å². The van der Waals surface area contributed by atoms with Crippen molar-refractivity contribution in [3.8, 4) is 5.75 Å². The summed E-state index contributed by atoms with van der Waals surface area (Å²) >= 11 is 0. The maximum Gasteiger partial charge on any atom is 0.316 e. The molecule has 6 rings (SSSR count). The fourth-order valence-electron chi connectivity index (χ4n) is 6.12. The van der Waals surface area contributed by atoms with Gasteiger partial charge in [0.1, 0.15) is 5.75 Å². The number of anilines is 2. The van der Waals surface area contributed by atoms with Gasteiger partial charge in [-0.2, -0.15) is 0 Å². The van der Waals surface area contributed by atoms with E-state index in [4.69, 9.17) is 4.74 Å². The predicted octanol–water partition coefficient (Wildman–Crippen LogP) is 3.57. The molecule has 0 radical (unpaired) electrons. The number of hydrogen-bond acceptors (Lipinski definition) is 5. The van der Waals surface area contributed by atoms with E-state index < -0.39 is 11.9 Å². The average molecular weight is 471 g/mol. The number of hydrogen-bond donors (Lipinski definition) is 0. The van der Waals surface area contributed by atoms with Gasteiger partial charge in [-0.1, -0.05) is 29.8 Å². The van der Waals surface area contributed by atoms with Gasteiger partial charge in [0.05, 0.1) is 23.4 Å². The lowest BCUT2D eigenvalue weighted by atomic mass is 9.85. The van der Waals surface area contributed by atoms with Crippen LogP contribution in [0.4, 0.5) is 11.4 Å². The van der Waals surface area contributed by atoms with E-state index in [2.05, 4.69) is 12.2 Å². The molecule has 2 bridgehead atoms. The topological polar surface area (TPSA) is 84.0 Å². The van der Waals surface area contributed by atoms with Gasteiger partial charge < -0.3 is 9.64 Å². The lowest BCUT2D eigenvalue weighted by Crippen LogP contribution is -2.33. The van der Waals surface area contributed by atoms with Gasteiger partial charge in [-0.25, -0.2) is 4.90 Å². The minimum absolute atomic E-state index is 0.0969. The van der Waals surface area contributed by atoms with Crippen molar-refractivity contribution in [1.82, 2.24) is 0 Å². The van der Waals surface area contributed by atoms with Crippen LogP contribution < -0.4 is 14.5 Å². The maximum atomic E-state index is 13.1. The third kappa shape index (κ3) is 3.40. The lowest BCUT2D eigenvalue weighted by molar-refractivity contribution is -0.139. The van der Waals surface area contributed by atoms with Crippen molar-refractivity contribution < 1.29 is 23.9 Å². The Morgan fingerprint density at radius 2 is 1.57 bits per heavy atom. The van der Waals surface area contributed by atoms with Crippen LogP contribution in [0.5, 0.6) is 5.75 Å². The number of benzene rings is 2. The number of carbonyl (C=O) groups is 4. The molecule has 7 nitrogen and oxygen atoms in total. The first kappa shape index (κ1) is 21.8. The number of esters is 1. The number of aryl methyl sites for hydroxylation is 2. The molecule has 4 aliphatic rings. The number of fused-ring (bicyclic) bond motifs is 5. The van der Waals surface area contributed by atoms with E-state index >= 15 is 0 Å². The summed E-state index contributed by atoms with van der Waals surface area (Å²) in [6.07, 6.45) is 5.13. The smallest absolute Gasteiger partial charge is 0.316 e. The molecule has 2 aromatic carbocycles. The van der Waals surface area contributed by atoms with Gasteiger partial charge in [-0.3, -0.25) is 19.2 Å². The summed E-state index contributed by atoms with van der Waals surface area (Å²) in [5, 5.41) is 0. The highest BCUT2D eigenvalue weighted by Gasteiger charge is 2.59. The molecule has 35 heavy (non-hydrogen) atoms. The lowest BCUT2D eigenvalue weighted by Gasteiger charge is -2.20. The van der Waals surface area contributed by atoms with Gasteiger partial charge in [0.25, 0.3) is 0 Å². The van der Waals surface area contributed by atoms with Crippen LogP contribution in [0, 0.1) is 43.4 Å². The van der Waals surface area contributed by atoms with E-state index in [-0.39, 0.29) is 54.4 Å². The zero-order valence-corrected chi connectivity index (χ0v) is 19.6. The molecular formula is C28H26N2O5. The molecule has 7 heteroatoms. The van der Waals surface area contributed by atoms with E-state index in [1.54, 1.807) is 30.0 Å². The van der Waals surface area contributed by atoms with Crippen LogP contribution in [0.3, 0.4) is 0 Å². The highest BCUT2D eigenvalue weighted by Crippen LogP contribution is 2.53. The Kier molecular flexibility index (Phi) is 4.91. The van der Waals surface area contributed by atoms with Crippen LogP contribution in [0.1, 0.15) is 24.0 Å². The highest BCUT2D eigenvalue weighted by molar-refractivity contribution is 6.23. The third-order valence-corrected chi connectivity index (χ3v) is 7.90. The summed E-state index contributed by atoms with van der Waals surface area (Å²) < 4.78 is 5.60. The molecule has 2 heterocycles. The van der Waals surface area contributed by atoms with Crippen LogP contribution in [0.2, 0.25) is 0 Å². The summed E-state index contributed by atoms with van der Waals surface area (Å²) in [6, 6.07) is 12.6. The number of carbonyl (C=O) groups excluding carboxylic acids is 4. The standard InChI is InChI=1S/C28H26N2O5/c1-15-3-7-20(8-4-15)29-14-19(13-23(29)31)28(34)35-21-9-10-22(16(2)11-21)30-26(32)24-17-5-6-18(12-17)25(24)27(30)33/h3-11,17-19,24-25H,12-14H2,1-2H3/t17-,18-,19+,24-,25+/m0/s1. The van der Waals surface area contributed by atoms with Gasteiger partial charge in [-0.15, -0.1) is 0 Å². The fraction of sp³-hybridized carbons (Fsp3) is 0.357. The van der Waals surface area contributed by atoms with Crippen molar-refractivity contribution >= 4 is 35.1 Å². The number of ether oxygens (including phenoxy) is 1. The molecule has 2 aliphatic heterocycles. The normalized spacial score (nSPS) is 28.9. The molecule has 5 atom stereocenters. The molecule has 0 spiro atoms. The van der Waals surface area contributed by atoms with Gasteiger partial charge in [0, 0.05) is 18.7 Å². The molecule has 178 valence electrons. The quantitative estimate of drug-likeness (QED) is 0.295. The Morgan fingerprint density at radius 3 is 2.20 bits per heavy atom. The predicted molar refractivity (Wildman–Crippen MR) is 129 cm³/mol. The largest absolute Gasteiger partial charge is 0.426 e. The highest BCUT2D eigenvalue weighted by atomic mass is 16.5. The van der Waals surface area contributed by atoms with E-state index in [1.807, 2.05) is 31.2 Å². The fourth-order valence-corrected chi connectivity index (χ4v) is 6.12. The summed E-state index contributed by atoms with van der Waals surface area (Å²) in [4.78, 5) is 54.5. The zero-order chi connectivity index (χ0) is 24.4. The van der Waals surface area contributed by atoms with E-state index in [9.17, 15) is 19.2 Å². The monoisotopic (exact) mass is 470 g/mol. The maximum absolute atomic E-state index is 13.1. The van der Waals surface area contributed by atoms with Crippen LogP contribution in [0.25, 0.3) is 0 Å². The second-order valence-corrected chi connectivity index (χ2v) is 10.1. The summed E-state index contributed by atoms with van der Waals surface area (Å²) in [5.74, 6) is -1.28. The molecule has 3 amide bonds. The summed E-state index contributed by atoms with van der Waals surface area (Å²) in [7, 11) is 0. The van der Waals surface area contributed by atoms with Crippen molar-refractivity contribution in [2.24, 2.45) is 29.6 Å². The number of imide groups is 1. The first-order valence-corrected chi connectivity index (χ1v) is 12.1. The molecule has 0 N–H and O–H groups in total. The van der Waals surface area contributed by atoms with Crippen LogP contribution in [-0.2, 0) is 19.2 Å². The van der Waals surface area contributed by atoms with Crippen molar-refractivity contribution in [1.29, 1.82) is 0 Å². The van der Waals surface area contributed by atoms with Crippen molar-refractivity contribution in [2.45, 2.75) is 26.7 Å². The van der Waals surface area contributed by atoms with Gasteiger partial charge in [0.15, 0.2) is 0 Å². The molecule has 2 aliphatic carbocycles. The molecule has 2 aromatic rings. The van der Waals surface area contributed by atoms with Crippen LogP contribution in [-0.4, -0.2) is 30.2 Å².